The highest BCUT2D eigenvalue weighted by atomic mass is 32.1. The predicted octanol–water partition coefficient (Wildman–Crippen LogP) is 5.64. The second kappa shape index (κ2) is 5.86. The molecule has 23 heavy (non-hydrogen) atoms. The maximum Gasteiger partial charge on any atom is 0.129 e. The average Bonchev–Trinajstić information content (AvgIpc) is 3.06. The summed E-state index contributed by atoms with van der Waals surface area (Å²) in [6, 6.07) is 24.8. The monoisotopic (exact) mass is 317 g/mol. The molecule has 0 aliphatic heterocycles. The number of hydrogen-bond acceptors (Lipinski definition) is 3. The van der Waals surface area contributed by atoms with Crippen molar-refractivity contribution in [2.45, 2.75) is 0 Å². The van der Waals surface area contributed by atoms with Gasteiger partial charge in [0.15, 0.2) is 0 Å². The molecule has 0 saturated carbocycles. The van der Waals surface area contributed by atoms with Gasteiger partial charge in [-0.05, 0) is 35.4 Å². The highest BCUT2D eigenvalue weighted by Gasteiger charge is 2.12. The minimum Gasteiger partial charge on any atom is -0.496 e. The van der Waals surface area contributed by atoms with Crippen molar-refractivity contribution in [3.8, 4) is 27.4 Å². The smallest absolute Gasteiger partial charge is 0.129 e. The fourth-order valence-corrected chi connectivity index (χ4v) is 3.66. The zero-order chi connectivity index (χ0) is 15.6. The first-order chi connectivity index (χ1) is 11.3. The molecular weight excluding hydrogens is 302 g/mol. The van der Waals surface area contributed by atoms with Crippen molar-refractivity contribution in [1.29, 1.82) is 0 Å². The molecule has 3 heteroatoms. The first kappa shape index (κ1) is 14.0. The second-order valence-corrected chi connectivity index (χ2v) is 6.30. The molecule has 1 heterocycles. The van der Waals surface area contributed by atoms with Crippen molar-refractivity contribution in [2.24, 2.45) is 0 Å². The Bertz CT molecular complexity index is 927. The fraction of sp³-hybridized carbons (Fsp3) is 0.0500. The van der Waals surface area contributed by atoms with Gasteiger partial charge in [0.2, 0.25) is 0 Å². The Balaban J connectivity index is 1.82. The molecule has 0 amide bonds. The lowest BCUT2D eigenvalue weighted by atomic mass is 10.0. The van der Waals surface area contributed by atoms with E-state index in [9.17, 15) is 0 Å². The molecule has 2 nitrogen and oxygen atoms in total. The Morgan fingerprint density at radius 1 is 0.826 bits per heavy atom. The molecule has 0 aliphatic carbocycles. The van der Waals surface area contributed by atoms with Crippen LogP contribution in [-0.2, 0) is 0 Å². The van der Waals surface area contributed by atoms with Crippen molar-refractivity contribution in [2.75, 3.05) is 7.11 Å². The minimum absolute atomic E-state index is 0.852. The number of thiazole rings is 1. The van der Waals surface area contributed by atoms with Crippen LogP contribution in [0.3, 0.4) is 0 Å². The third-order valence-electron chi connectivity index (χ3n) is 3.83. The van der Waals surface area contributed by atoms with Gasteiger partial charge in [-0.15, -0.1) is 11.3 Å². The molecule has 0 fully saturated rings. The number of hydrogen-bond donors (Lipinski definition) is 0. The number of aromatic nitrogens is 1. The molecule has 1 aromatic heterocycles. The molecule has 0 aliphatic rings. The third-order valence-corrected chi connectivity index (χ3v) is 4.90. The van der Waals surface area contributed by atoms with Crippen LogP contribution in [0.15, 0.2) is 72.8 Å². The van der Waals surface area contributed by atoms with E-state index in [0.717, 1.165) is 27.4 Å². The molecule has 0 radical (unpaired) electrons. The molecule has 0 atom stereocenters. The van der Waals surface area contributed by atoms with Gasteiger partial charge in [0.1, 0.15) is 10.8 Å². The van der Waals surface area contributed by atoms with E-state index in [2.05, 4.69) is 36.4 Å². The summed E-state index contributed by atoms with van der Waals surface area (Å²) in [4.78, 5) is 4.73. The molecular formula is C20H15NOS. The van der Waals surface area contributed by atoms with Gasteiger partial charge in [0.05, 0.1) is 22.9 Å². The molecule has 0 unspecified atom stereocenters. The SMILES string of the molecule is COc1cc(-c2ccccc2)ccc1-c1nc2ccccc2s1. The second-order valence-electron chi connectivity index (χ2n) is 5.27. The van der Waals surface area contributed by atoms with Gasteiger partial charge in [0.25, 0.3) is 0 Å². The molecule has 0 bridgehead atoms. The predicted molar refractivity (Wildman–Crippen MR) is 97.0 cm³/mol. The number of nitrogens with zero attached hydrogens (tertiary/aromatic N) is 1. The van der Waals surface area contributed by atoms with Crippen molar-refractivity contribution >= 4 is 21.6 Å². The highest BCUT2D eigenvalue weighted by molar-refractivity contribution is 7.21. The van der Waals surface area contributed by atoms with E-state index in [4.69, 9.17) is 9.72 Å². The van der Waals surface area contributed by atoms with E-state index in [1.807, 2.05) is 36.4 Å². The van der Waals surface area contributed by atoms with Gasteiger partial charge in [-0.2, -0.15) is 0 Å². The lowest BCUT2D eigenvalue weighted by Gasteiger charge is -2.09. The number of ether oxygens (including phenoxy) is 1. The number of para-hydroxylation sites is 1. The lowest BCUT2D eigenvalue weighted by Crippen LogP contribution is -1.89. The quantitative estimate of drug-likeness (QED) is 0.488. The Hall–Kier alpha value is -2.65. The fourth-order valence-electron chi connectivity index (χ4n) is 2.67. The molecule has 112 valence electrons. The normalized spacial score (nSPS) is 10.8. The van der Waals surface area contributed by atoms with Crippen LogP contribution in [0.2, 0.25) is 0 Å². The van der Waals surface area contributed by atoms with Gasteiger partial charge in [-0.1, -0.05) is 48.5 Å². The van der Waals surface area contributed by atoms with Crippen LogP contribution in [-0.4, -0.2) is 12.1 Å². The maximum atomic E-state index is 5.62. The van der Waals surface area contributed by atoms with Crippen LogP contribution in [0.1, 0.15) is 0 Å². The van der Waals surface area contributed by atoms with Crippen LogP contribution in [0.4, 0.5) is 0 Å². The van der Waals surface area contributed by atoms with Gasteiger partial charge in [-0.3, -0.25) is 0 Å². The summed E-state index contributed by atoms with van der Waals surface area (Å²) >= 11 is 1.69. The van der Waals surface area contributed by atoms with Crippen molar-refractivity contribution in [3.63, 3.8) is 0 Å². The lowest BCUT2D eigenvalue weighted by molar-refractivity contribution is 0.416. The van der Waals surface area contributed by atoms with Gasteiger partial charge >= 0.3 is 0 Å². The summed E-state index contributed by atoms with van der Waals surface area (Å²) in [5.41, 5.74) is 4.39. The number of benzene rings is 3. The van der Waals surface area contributed by atoms with Gasteiger partial charge in [0, 0.05) is 0 Å². The minimum atomic E-state index is 0.852. The van der Waals surface area contributed by atoms with Gasteiger partial charge < -0.3 is 4.74 Å². The van der Waals surface area contributed by atoms with Crippen LogP contribution in [0.5, 0.6) is 5.75 Å². The van der Waals surface area contributed by atoms with E-state index in [-0.39, 0.29) is 0 Å². The Morgan fingerprint density at radius 2 is 1.61 bits per heavy atom. The summed E-state index contributed by atoms with van der Waals surface area (Å²) in [5.74, 6) is 0.852. The summed E-state index contributed by atoms with van der Waals surface area (Å²) in [6.07, 6.45) is 0. The van der Waals surface area contributed by atoms with Crippen LogP contribution >= 0.6 is 11.3 Å². The molecule has 3 aromatic carbocycles. The standard InChI is InChI=1S/C20H15NOS/c1-22-18-13-15(14-7-3-2-4-8-14)11-12-16(18)20-21-17-9-5-6-10-19(17)23-20/h2-13H,1H3. The highest BCUT2D eigenvalue weighted by Crippen LogP contribution is 2.37. The van der Waals surface area contributed by atoms with Crippen LogP contribution in [0, 0.1) is 0 Å². The van der Waals surface area contributed by atoms with E-state index in [1.165, 1.54) is 10.3 Å². The van der Waals surface area contributed by atoms with Crippen molar-refractivity contribution in [3.05, 3.63) is 72.8 Å². The first-order valence-corrected chi connectivity index (χ1v) is 8.26. The van der Waals surface area contributed by atoms with Gasteiger partial charge in [-0.25, -0.2) is 4.98 Å². The van der Waals surface area contributed by atoms with E-state index < -0.39 is 0 Å². The molecule has 4 aromatic rings. The Morgan fingerprint density at radius 3 is 2.39 bits per heavy atom. The summed E-state index contributed by atoms with van der Waals surface area (Å²) in [6.45, 7) is 0. The van der Waals surface area contributed by atoms with E-state index in [1.54, 1.807) is 18.4 Å². The summed E-state index contributed by atoms with van der Waals surface area (Å²) in [7, 11) is 1.71. The topological polar surface area (TPSA) is 22.1 Å². The van der Waals surface area contributed by atoms with E-state index in [0.29, 0.717) is 0 Å². The summed E-state index contributed by atoms with van der Waals surface area (Å²) < 4.78 is 6.82. The van der Waals surface area contributed by atoms with E-state index >= 15 is 0 Å². The largest absolute Gasteiger partial charge is 0.496 e. The summed E-state index contributed by atoms with van der Waals surface area (Å²) in [5, 5.41) is 0.989. The number of methoxy groups -OCH3 is 1. The Kier molecular flexibility index (Phi) is 3.56. The van der Waals surface area contributed by atoms with Crippen LogP contribution < -0.4 is 4.74 Å². The molecule has 0 spiro atoms. The number of rotatable bonds is 3. The molecule has 0 saturated heterocycles. The number of fused-ring (bicyclic) bond motifs is 1. The molecule has 4 rings (SSSR count). The third kappa shape index (κ3) is 2.60. The Labute approximate surface area is 139 Å². The van der Waals surface area contributed by atoms with Crippen molar-refractivity contribution < 1.29 is 4.74 Å². The van der Waals surface area contributed by atoms with Crippen LogP contribution in [0.25, 0.3) is 31.9 Å². The molecule has 0 N–H and O–H groups in total. The zero-order valence-corrected chi connectivity index (χ0v) is 13.5. The first-order valence-electron chi connectivity index (χ1n) is 7.44. The van der Waals surface area contributed by atoms with Crippen molar-refractivity contribution in [1.82, 2.24) is 4.98 Å². The maximum absolute atomic E-state index is 5.62. The zero-order valence-electron chi connectivity index (χ0n) is 12.7. The average molecular weight is 317 g/mol.